The summed E-state index contributed by atoms with van der Waals surface area (Å²) in [7, 11) is -1.70. The van der Waals surface area contributed by atoms with Gasteiger partial charge in [0.1, 0.15) is 5.75 Å². The van der Waals surface area contributed by atoms with Crippen LogP contribution in [-0.4, -0.2) is 34.1 Å². The van der Waals surface area contributed by atoms with Gasteiger partial charge in [-0.15, -0.1) is 24.0 Å². The lowest BCUT2D eigenvalue weighted by Gasteiger charge is -2.15. The molecule has 0 bridgehead atoms. The van der Waals surface area contributed by atoms with Crippen LogP contribution in [-0.2, 0) is 23.1 Å². The minimum Gasteiger partial charge on any atom is -0.494 e. The van der Waals surface area contributed by atoms with E-state index < -0.39 is 10.0 Å². The SMILES string of the molecule is CCOc1cc(C)ccc1CNC(=NC)NCc1ccc(S(=O)(=O)NC2CC2)cc1.I. The van der Waals surface area contributed by atoms with Gasteiger partial charge in [0.2, 0.25) is 10.0 Å². The first-order chi connectivity index (χ1) is 14.4. The molecule has 170 valence electrons. The predicted octanol–water partition coefficient (Wildman–Crippen LogP) is 3.32. The minimum absolute atomic E-state index is 0. The molecule has 2 aromatic carbocycles. The lowest BCUT2D eigenvalue weighted by molar-refractivity contribution is 0.336. The van der Waals surface area contributed by atoms with E-state index in [0.717, 1.165) is 35.3 Å². The second-order valence-corrected chi connectivity index (χ2v) is 9.08. The smallest absolute Gasteiger partial charge is 0.240 e. The number of hydrogen-bond donors (Lipinski definition) is 3. The number of ether oxygens (including phenoxy) is 1. The van der Waals surface area contributed by atoms with E-state index in [4.69, 9.17) is 4.74 Å². The van der Waals surface area contributed by atoms with Gasteiger partial charge >= 0.3 is 0 Å². The van der Waals surface area contributed by atoms with Gasteiger partial charge in [0.15, 0.2) is 5.96 Å². The van der Waals surface area contributed by atoms with Gasteiger partial charge in [0, 0.05) is 31.7 Å². The highest BCUT2D eigenvalue weighted by atomic mass is 127. The molecule has 0 unspecified atom stereocenters. The maximum atomic E-state index is 12.3. The van der Waals surface area contributed by atoms with Gasteiger partial charge in [0.25, 0.3) is 0 Å². The van der Waals surface area contributed by atoms with Crippen molar-refractivity contribution in [2.75, 3.05) is 13.7 Å². The van der Waals surface area contributed by atoms with Crippen molar-refractivity contribution in [3.63, 3.8) is 0 Å². The first-order valence-corrected chi connectivity index (χ1v) is 11.7. The summed E-state index contributed by atoms with van der Waals surface area (Å²) < 4.78 is 32.9. The quantitative estimate of drug-likeness (QED) is 0.250. The summed E-state index contributed by atoms with van der Waals surface area (Å²) in [6.45, 7) is 5.74. The van der Waals surface area contributed by atoms with Gasteiger partial charge < -0.3 is 15.4 Å². The molecular formula is C22H31IN4O3S. The van der Waals surface area contributed by atoms with E-state index in [2.05, 4.69) is 32.5 Å². The van der Waals surface area contributed by atoms with Gasteiger partial charge in [-0.1, -0.05) is 24.3 Å². The number of nitrogens with zero attached hydrogens (tertiary/aromatic N) is 1. The topological polar surface area (TPSA) is 91.8 Å². The first-order valence-electron chi connectivity index (χ1n) is 10.2. The van der Waals surface area contributed by atoms with Gasteiger partial charge in [-0.3, -0.25) is 4.99 Å². The van der Waals surface area contributed by atoms with Crippen LogP contribution in [0.25, 0.3) is 0 Å². The molecule has 0 amide bonds. The molecule has 2 aromatic rings. The van der Waals surface area contributed by atoms with Crippen molar-refractivity contribution in [2.24, 2.45) is 4.99 Å². The Balaban J connectivity index is 0.00000341. The zero-order valence-corrected chi connectivity index (χ0v) is 21.3. The third-order valence-corrected chi connectivity index (χ3v) is 6.32. The monoisotopic (exact) mass is 558 g/mol. The molecule has 0 aliphatic heterocycles. The van der Waals surface area contributed by atoms with Crippen molar-refractivity contribution in [1.29, 1.82) is 0 Å². The van der Waals surface area contributed by atoms with Crippen LogP contribution in [0.4, 0.5) is 0 Å². The summed E-state index contributed by atoms with van der Waals surface area (Å²) in [4.78, 5) is 4.55. The number of nitrogens with one attached hydrogen (secondary N) is 3. The summed E-state index contributed by atoms with van der Waals surface area (Å²) in [6.07, 6.45) is 1.84. The molecule has 0 radical (unpaired) electrons. The minimum atomic E-state index is -3.42. The molecule has 7 nitrogen and oxygen atoms in total. The highest BCUT2D eigenvalue weighted by Crippen LogP contribution is 2.22. The van der Waals surface area contributed by atoms with Gasteiger partial charge in [0.05, 0.1) is 11.5 Å². The van der Waals surface area contributed by atoms with E-state index >= 15 is 0 Å². The van der Waals surface area contributed by atoms with Gasteiger partial charge in [-0.05, 0) is 56.0 Å². The predicted molar refractivity (Wildman–Crippen MR) is 135 cm³/mol. The zero-order chi connectivity index (χ0) is 21.6. The number of guanidine groups is 1. The normalized spacial score (nSPS) is 14.0. The number of hydrogen-bond acceptors (Lipinski definition) is 4. The lowest BCUT2D eigenvalue weighted by atomic mass is 10.1. The number of rotatable bonds is 9. The summed E-state index contributed by atoms with van der Waals surface area (Å²) >= 11 is 0. The molecule has 3 rings (SSSR count). The van der Waals surface area contributed by atoms with Crippen molar-refractivity contribution >= 4 is 40.0 Å². The van der Waals surface area contributed by atoms with Crippen LogP contribution in [0.2, 0.25) is 0 Å². The van der Waals surface area contributed by atoms with E-state index in [1.54, 1.807) is 19.2 Å². The molecule has 1 fully saturated rings. The summed E-state index contributed by atoms with van der Waals surface area (Å²) in [5, 5.41) is 6.54. The lowest BCUT2D eigenvalue weighted by Crippen LogP contribution is -2.36. The van der Waals surface area contributed by atoms with E-state index in [-0.39, 0.29) is 30.0 Å². The van der Waals surface area contributed by atoms with Crippen LogP contribution in [0, 0.1) is 6.92 Å². The number of sulfonamides is 1. The Morgan fingerprint density at radius 2 is 1.77 bits per heavy atom. The van der Waals surface area contributed by atoms with Crippen LogP contribution >= 0.6 is 24.0 Å². The van der Waals surface area contributed by atoms with Crippen molar-refractivity contribution in [3.8, 4) is 5.75 Å². The Labute approximate surface area is 202 Å². The molecule has 1 aliphatic rings. The molecule has 1 saturated carbocycles. The van der Waals surface area contributed by atoms with Crippen molar-refractivity contribution in [2.45, 2.75) is 50.7 Å². The highest BCUT2D eigenvalue weighted by Gasteiger charge is 2.27. The Hall–Kier alpha value is -1.85. The Morgan fingerprint density at radius 1 is 1.10 bits per heavy atom. The fourth-order valence-corrected chi connectivity index (χ4v) is 4.26. The first kappa shape index (κ1) is 25.4. The van der Waals surface area contributed by atoms with Crippen LogP contribution < -0.4 is 20.1 Å². The molecule has 0 spiro atoms. The standard InChI is InChI=1S/C22H30N4O3S.HI/c1-4-29-21-13-16(2)5-8-18(21)15-25-22(23-3)24-14-17-6-11-20(12-7-17)30(27,28)26-19-9-10-19;/h5-8,11-13,19,26H,4,9-10,14-15H2,1-3H3,(H2,23,24,25);1H. The van der Waals surface area contributed by atoms with E-state index in [0.29, 0.717) is 30.6 Å². The molecule has 0 atom stereocenters. The molecule has 9 heteroatoms. The molecule has 0 saturated heterocycles. The van der Waals surface area contributed by atoms with Crippen LogP contribution in [0.3, 0.4) is 0 Å². The van der Waals surface area contributed by atoms with E-state index in [1.165, 1.54) is 0 Å². The van der Waals surface area contributed by atoms with E-state index in [9.17, 15) is 8.42 Å². The van der Waals surface area contributed by atoms with Crippen molar-refractivity contribution in [1.82, 2.24) is 15.4 Å². The maximum absolute atomic E-state index is 12.3. The summed E-state index contributed by atoms with van der Waals surface area (Å²) in [6, 6.07) is 13.1. The third-order valence-electron chi connectivity index (χ3n) is 4.79. The molecule has 0 heterocycles. The largest absolute Gasteiger partial charge is 0.494 e. The van der Waals surface area contributed by atoms with E-state index in [1.807, 2.05) is 32.0 Å². The second-order valence-electron chi connectivity index (χ2n) is 7.36. The Morgan fingerprint density at radius 3 is 2.39 bits per heavy atom. The molecular weight excluding hydrogens is 527 g/mol. The van der Waals surface area contributed by atoms with Gasteiger partial charge in [-0.25, -0.2) is 13.1 Å². The number of halogens is 1. The zero-order valence-electron chi connectivity index (χ0n) is 18.1. The number of aliphatic imine (C=N–C) groups is 1. The maximum Gasteiger partial charge on any atom is 0.240 e. The molecule has 31 heavy (non-hydrogen) atoms. The van der Waals surface area contributed by atoms with Crippen LogP contribution in [0.1, 0.15) is 36.5 Å². The molecule has 3 N–H and O–H groups in total. The highest BCUT2D eigenvalue weighted by molar-refractivity contribution is 14.0. The van der Waals surface area contributed by atoms with Gasteiger partial charge in [-0.2, -0.15) is 0 Å². The fraction of sp³-hybridized carbons (Fsp3) is 0.409. The number of benzene rings is 2. The number of aryl methyl sites for hydroxylation is 1. The molecule has 0 aromatic heterocycles. The van der Waals surface area contributed by atoms with Crippen LogP contribution in [0.15, 0.2) is 52.4 Å². The summed E-state index contributed by atoms with van der Waals surface area (Å²) in [5.74, 6) is 1.53. The van der Waals surface area contributed by atoms with Crippen LogP contribution in [0.5, 0.6) is 5.75 Å². The Bertz CT molecular complexity index is 990. The average molecular weight is 558 g/mol. The Kier molecular flexibility index (Phi) is 9.57. The van der Waals surface area contributed by atoms with Crippen molar-refractivity contribution < 1.29 is 13.2 Å². The molecule has 1 aliphatic carbocycles. The third kappa shape index (κ3) is 7.65. The second kappa shape index (κ2) is 11.7. The fourth-order valence-electron chi connectivity index (χ4n) is 2.96. The van der Waals surface area contributed by atoms with Crippen molar-refractivity contribution in [3.05, 3.63) is 59.2 Å². The average Bonchev–Trinajstić information content (AvgIpc) is 3.53. The summed E-state index contributed by atoms with van der Waals surface area (Å²) in [5.41, 5.74) is 3.18.